The van der Waals surface area contributed by atoms with Crippen molar-refractivity contribution in [2.45, 2.75) is 6.42 Å². The van der Waals surface area contributed by atoms with E-state index in [0.717, 1.165) is 0 Å². The van der Waals surface area contributed by atoms with E-state index in [0.29, 0.717) is 35.7 Å². The van der Waals surface area contributed by atoms with Crippen LogP contribution in [0, 0.1) is 0 Å². The predicted molar refractivity (Wildman–Crippen MR) is 70.1 cm³/mol. The lowest BCUT2D eigenvalue weighted by Gasteiger charge is -2.27. The Labute approximate surface area is 110 Å². The van der Waals surface area contributed by atoms with E-state index in [2.05, 4.69) is 5.16 Å². The number of benzene rings is 1. The van der Waals surface area contributed by atoms with Crippen LogP contribution in [0.1, 0.15) is 16.8 Å². The SMILES string of the molecule is O=C(c1ccccc1)N1CCC(Cl)=C(C=NO)C1. The van der Waals surface area contributed by atoms with Crippen molar-refractivity contribution < 1.29 is 10.0 Å². The molecule has 0 bridgehead atoms. The zero-order chi connectivity index (χ0) is 13.0. The molecule has 94 valence electrons. The molecule has 0 saturated carbocycles. The first-order valence-electron chi connectivity index (χ1n) is 5.61. The Bertz CT molecular complexity index is 497. The molecule has 1 N–H and O–H groups in total. The van der Waals surface area contributed by atoms with Crippen LogP contribution in [0.15, 0.2) is 46.1 Å². The molecule has 2 rings (SSSR count). The fourth-order valence-electron chi connectivity index (χ4n) is 1.88. The highest BCUT2D eigenvalue weighted by atomic mass is 35.5. The minimum absolute atomic E-state index is 0.0383. The maximum absolute atomic E-state index is 12.2. The smallest absolute Gasteiger partial charge is 0.254 e. The Hall–Kier alpha value is -1.81. The van der Waals surface area contributed by atoms with Crippen molar-refractivity contribution >= 4 is 23.7 Å². The highest BCUT2D eigenvalue weighted by Gasteiger charge is 2.22. The third-order valence-corrected chi connectivity index (χ3v) is 3.26. The number of hydrogen-bond donors (Lipinski definition) is 1. The normalized spacial score (nSPS) is 16.4. The van der Waals surface area contributed by atoms with Crippen molar-refractivity contribution in [2.24, 2.45) is 5.16 Å². The number of halogens is 1. The molecule has 0 saturated heterocycles. The fraction of sp³-hybridized carbons (Fsp3) is 0.231. The van der Waals surface area contributed by atoms with E-state index in [1.54, 1.807) is 17.0 Å². The van der Waals surface area contributed by atoms with Crippen LogP contribution in [0.3, 0.4) is 0 Å². The van der Waals surface area contributed by atoms with Gasteiger partial charge in [-0.2, -0.15) is 0 Å². The fourth-order valence-corrected chi connectivity index (χ4v) is 2.07. The highest BCUT2D eigenvalue weighted by molar-refractivity contribution is 6.31. The maximum atomic E-state index is 12.2. The zero-order valence-electron chi connectivity index (χ0n) is 9.71. The molecule has 1 aliphatic rings. The van der Waals surface area contributed by atoms with Gasteiger partial charge < -0.3 is 10.1 Å². The van der Waals surface area contributed by atoms with Gasteiger partial charge in [0.15, 0.2) is 0 Å². The quantitative estimate of drug-likeness (QED) is 0.507. The van der Waals surface area contributed by atoms with Gasteiger partial charge in [0.1, 0.15) is 0 Å². The van der Waals surface area contributed by atoms with Gasteiger partial charge in [-0.25, -0.2) is 0 Å². The first-order chi connectivity index (χ1) is 8.72. The third-order valence-electron chi connectivity index (χ3n) is 2.83. The van der Waals surface area contributed by atoms with Gasteiger partial charge in [-0.15, -0.1) is 0 Å². The van der Waals surface area contributed by atoms with Gasteiger partial charge >= 0.3 is 0 Å². The van der Waals surface area contributed by atoms with Crippen LogP contribution in [0.4, 0.5) is 0 Å². The van der Waals surface area contributed by atoms with E-state index < -0.39 is 0 Å². The molecule has 1 aliphatic heterocycles. The molecule has 0 aliphatic carbocycles. The van der Waals surface area contributed by atoms with E-state index in [-0.39, 0.29) is 5.91 Å². The largest absolute Gasteiger partial charge is 0.411 e. The summed E-state index contributed by atoms with van der Waals surface area (Å²) in [7, 11) is 0. The van der Waals surface area contributed by atoms with Crippen molar-refractivity contribution in [3.63, 3.8) is 0 Å². The topological polar surface area (TPSA) is 52.9 Å². The van der Waals surface area contributed by atoms with Crippen molar-refractivity contribution in [1.82, 2.24) is 4.90 Å². The number of hydrogen-bond acceptors (Lipinski definition) is 3. The highest BCUT2D eigenvalue weighted by Crippen LogP contribution is 2.21. The van der Waals surface area contributed by atoms with Gasteiger partial charge in [0.2, 0.25) is 0 Å². The Morgan fingerprint density at radius 1 is 1.39 bits per heavy atom. The lowest BCUT2D eigenvalue weighted by molar-refractivity contribution is 0.0767. The number of amides is 1. The lowest BCUT2D eigenvalue weighted by Crippen LogP contribution is -2.37. The standard InChI is InChI=1S/C13H13ClN2O2/c14-12-6-7-16(9-11(12)8-15-18)13(17)10-4-2-1-3-5-10/h1-5,8,18H,6-7,9H2. The second kappa shape index (κ2) is 5.69. The van der Waals surface area contributed by atoms with Crippen molar-refractivity contribution in [2.75, 3.05) is 13.1 Å². The monoisotopic (exact) mass is 264 g/mol. The summed E-state index contributed by atoms with van der Waals surface area (Å²) in [6.07, 6.45) is 1.87. The third kappa shape index (κ3) is 2.71. The molecule has 0 aromatic heterocycles. The molecule has 0 unspecified atom stereocenters. The molecular weight excluding hydrogens is 252 g/mol. The molecule has 4 nitrogen and oxygen atoms in total. The first kappa shape index (κ1) is 12.6. The molecule has 0 atom stereocenters. The number of rotatable bonds is 2. The average molecular weight is 265 g/mol. The number of nitrogens with zero attached hydrogens (tertiary/aromatic N) is 2. The summed E-state index contributed by atoms with van der Waals surface area (Å²) in [4.78, 5) is 13.9. The van der Waals surface area contributed by atoms with Gasteiger partial charge in [-0.1, -0.05) is 35.0 Å². The molecule has 1 aromatic rings. The molecule has 0 fully saturated rings. The molecule has 18 heavy (non-hydrogen) atoms. The van der Waals surface area contributed by atoms with Crippen LogP contribution in [-0.2, 0) is 0 Å². The minimum Gasteiger partial charge on any atom is -0.411 e. The molecule has 0 radical (unpaired) electrons. The first-order valence-corrected chi connectivity index (χ1v) is 5.99. The lowest BCUT2D eigenvalue weighted by atomic mass is 10.1. The second-order valence-electron chi connectivity index (χ2n) is 4.02. The predicted octanol–water partition coefficient (Wildman–Crippen LogP) is 2.49. The molecule has 1 heterocycles. The molecule has 0 spiro atoms. The number of oxime groups is 1. The molecule has 1 aromatic carbocycles. The Morgan fingerprint density at radius 2 is 2.11 bits per heavy atom. The Balaban J connectivity index is 2.15. The van der Waals surface area contributed by atoms with Crippen LogP contribution < -0.4 is 0 Å². The minimum atomic E-state index is -0.0383. The number of carbonyl (C=O) groups is 1. The Kier molecular flexibility index (Phi) is 3.99. The van der Waals surface area contributed by atoms with E-state index in [1.165, 1.54) is 6.21 Å². The number of carbonyl (C=O) groups excluding carboxylic acids is 1. The summed E-state index contributed by atoms with van der Waals surface area (Å²) in [5, 5.41) is 12.2. The van der Waals surface area contributed by atoms with E-state index in [9.17, 15) is 4.79 Å². The average Bonchev–Trinajstić information content (AvgIpc) is 2.42. The van der Waals surface area contributed by atoms with Crippen LogP contribution >= 0.6 is 11.6 Å². The van der Waals surface area contributed by atoms with Gasteiger partial charge in [0.05, 0.1) is 6.21 Å². The van der Waals surface area contributed by atoms with Crippen molar-refractivity contribution in [3.8, 4) is 0 Å². The van der Waals surface area contributed by atoms with E-state index in [1.807, 2.05) is 18.2 Å². The van der Waals surface area contributed by atoms with Crippen LogP contribution in [0.5, 0.6) is 0 Å². The molecular formula is C13H13ClN2O2. The zero-order valence-corrected chi connectivity index (χ0v) is 10.5. The van der Waals surface area contributed by atoms with Gasteiger partial charge in [-0.3, -0.25) is 4.79 Å². The molecule has 1 amide bonds. The summed E-state index contributed by atoms with van der Waals surface area (Å²) in [6, 6.07) is 9.09. The van der Waals surface area contributed by atoms with Crippen molar-refractivity contribution in [3.05, 3.63) is 46.5 Å². The van der Waals surface area contributed by atoms with Gasteiger partial charge in [-0.05, 0) is 12.1 Å². The maximum Gasteiger partial charge on any atom is 0.254 e. The summed E-state index contributed by atoms with van der Waals surface area (Å²) < 4.78 is 0. The summed E-state index contributed by atoms with van der Waals surface area (Å²) in [5.41, 5.74) is 1.32. The molecule has 5 heteroatoms. The second-order valence-corrected chi connectivity index (χ2v) is 4.47. The summed E-state index contributed by atoms with van der Waals surface area (Å²) >= 11 is 6.02. The summed E-state index contributed by atoms with van der Waals surface area (Å²) in [6.45, 7) is 0.950. The van der Waals surface area contributed by atoms with E-state index >= 15 is 0 Å². The van der Waals surface area contributed by atoms with Crippen LogP contribution in [-0.4, -0.2) is 35.3 Å². The van der Waals surface area contributed by atoms with Gasteiger partial charge in [0, 0.05) is 35.7 Å². The van der Waals surface area contributed by atoms with Gasteiger partial charge in [0.25, 0.3) is 5.91 Å². The van der Waals surface area contributed by atoms with E-state index in [4.69, 9.17) is 16.8 Å². The van der Waals surface area contributed by atoms with Crippen molar-refractivity contribution in [1.29, 1.82) is 0 Å². The Morgan fingerprint density at radius 3 is 2.78 bits per heavy atom. The summed E-state index contributed by atoms with van der Waals surface area (Å²) in [5.74, 6) is -0.0383. The van der Waals surface area contributed by atoms with Crippen LogP contribution in [0.2, 0.25) is 0 Å². The van der Waals surface area contributed by atoms with Crippen LogP contribution in [0.25, 0.3) is 0 Å².